The third-order valence-corrected chi connectivity index (χ3v) is 17.2. The molecule has 5 heteroatoms. The third-order valence-electron chi connectivity index (χ3n) is 14.1. The standard InChI is InChI=1S/C58H41N2O2P/c1-57(2)43-24-10-14-28-49(43)60(50-29-15-11-25-44(50)57)39-33-34-46-52(35-39)59(38-19-5-3-6-20-38)51-30-16-12-26-45(51)58(46)47-27-13-18-32-55(47)63(61,40-21-7-4-8-22-40)56-37-54-42(36-48(56)58)41-23-9-17-31-53(41)62-54/h3-37H,1-2H3. The zero-order valence-electron chi connectivity index (χ0n) is 34.9. The Morgan fingerprint density at radius 2 is 0.937 bits per heavy atom. The van der Waals surface area contributed by atoms with Crippen LogP contribution in [0.25, 0.3) is 21.9 Å². The van der Waals surface area contributed by atoms with Crippen molar-refractivity contribution in [2.45, 2.75) is 24.7 Å². The average Bonchev–Trinajstić information content (AvgIpc) is 3.71. The van der Waals surface area contributed by atoms with Crippen LogP contribution in [0.15, 0.2) is 217 Å². The van der Waals surface area contributed by atoms with Crippen LogP contribution < -0.4 is 25.7 Å². The molecule has 4 nitrogen and oxygen atoms in total. The molecule has 1 spiro atoms. The van der Waals surface area contributed by atoms with Gasteiger partial charge in [-0.15, -0.1) is 0 Å². The molecule has 0 saturated carbocycles. The third kappa shape index (κ3) is 4.74. The lowest BCUT2D eigenvalue weighted by Crippen LogP contribution is -2.49. The molecule has 63 heavy (non-hydrogen) atoms. The Labute approximate surface area is 366 Å². The van der Waals surface area contributed by atoms with Crippen LogP contribution in [0, 0.1) is 0 Å². The van der Waals surface area contributed by atoms with Gasteiger partial charge in [0.1, 0.15) is 11.2 Å². The van der Waals surface area contributed by atoms with Gasteiger partial charge in [0.25, 0.3) is 0 Å². The first-order chi connectivity index (χ1) is 30.9. The Kier molecular flexibility index (Phi) is 7.52. The van der Waals surface area contributed by atoms with Gasteiger partial charge in [0.2, 0.25) is 0 Å². The molecule has 0 aliphatic carbocycles. The van der Waals surface area contributed by atoms with Crippen LogP contribution in [0.4, 0.5) is 34.1 Å². The van der Waals surface area contributed by atoms with E-state index in [1.54, 1.807) is 0 Å². The van der Waals surface area contributed by atoms with E-state index in [0.29, 0.717) is 0 Å². The van der Waals surface area contributed by atoms with Gasteiger partial charge in [0.05, 0.1) is 28.2 Å². The van der Waals surface area contributed by atoms with Gasteiger partial charge in [0, 0.05) is 43.5 Å². The molecule has 0 N–H and O–H groups in total. The SMILES string of the molecule is CC1(C)c2ccccc2N(c2ccc3c(c2)N(c2ccccc2)c2ccccc2C32c3ccccc3P(=O)(c3ccccc3)c3cc4oc5ccccc5c4cc32)c2ccccc21. The highest BCUT2D eigenvalue weighted by molar-refractivity contribution is 7.85. The van der Waals surface area contributed by atoms with Gasteiger partial charge >= 0.3 is 0 Å². The highest BCUT2D eigenvalue weighted by atomic mass is 31.2. The van der Waals surface area contributed by atoms with E-state index in [1.807, 2.05) is 42.5 Å². The van der Waals surface area contributed by atoms with Crippen molar-refractivity contribution >= 4 is 79.1 Å². The van der Waals surface area contributed by atoms with Gasteiger partial charge in [-0.1, -0.05) is 166 Å². The normalized spacial score (nSPS) is 18.9. The van der Waals surface area contributed by atoms with Crippen molar-refractivity contribution in [3.05, 3.63) is 246 Å². The Bertz CT molecular complexity index is 3510. The molecule has 0 radical (unpaired) electrons. The summed E-state index contributed by atoms with van der Waals surface area (Å²) in [5, 5.41) is 4.50. The van der Waals surface area contributed by atoms with Gasteiger partial charge in [0.15, 0.2) is 7.14 Å². The van der Waals surface area contributed by atoms with E-state index >= 15 is 4.57 Å². The summed E-state index contributed by atoms with van der Waals surface area (Å²) in [5.41, 5.74) is 13.9. The molecule has 10 aromatic rings. The smallest absolute Gasteiger partial charge is 0.171 e. The van der Waals surface area contributed by atoms with E-state index in [1.165, 1.54) is 22.5 Å². The molecular formula is C58H41N2O2P. The fourth-order valence-corrected chi connectivity index (χ4v) is 14.5. The summed E-state index contributed by atoms with van der Waals surface area (Å²) in [6, 6.07) is 75.6. The topological polar surface area (TPSA) is 36.7 Å². The highest BCUT2D eigenvalue weighted by Crippen LogP contribution is 2.64. The number of fused-ring (bicyclic) bond motifs is 13. The maximum absolute atomic E-state index is 16.8. The Morgan fingerprint density at radius 3 is 1.65 bits per heavy atom. The van der Waals surface area contributed by atoms with E-state index in [-0.39, 0.29) is 5.41 Å². The predicted molar refractivity (Wildman–Crippen MR) is 260 cm³/mol. The lowest BCUT2D eigenvalue weighted by Gasteiger charge is -2.50. The number of hydrogen-bond donors (Lipinski definition) is 0. The molecule has 2 unspecified atom stereocenters. The van der Waals surface area contributed by atoms with Gasteiger partial charge in [-0.2, -0.15) is 0 Å². The number of nitrogens with zero attached hydrogens (tertiary/aromatic N) is 2. The molecule has 13 rings (SSSR count). The monoisotopic (exact) mass is 828 g/mol. The van der Waals surface area contributed by atoms with Gasteiger partial charge < -0.3 is 18.8 Å². The molecule has 9 aromatic carbocycles. The number of anilines is 6. The van der Waals surface area contributed by atoms with E-state index < -0.39 is 12.6 Å². The number of para-hydroxylation sites is 5. The largest absolute Gasteiger partial charge is 0.456 e. The lowest BCUT2D eigenvalue weighted by atomic mass is 9.62. The molecule has 4 heterocycles. The van der Waals surface area contributed by atoms with Crippen LogP contribution in [0.2, 0.25) is 0 Å². The summed E-state index contributed by atoms with van der Waals surface area (Å²) >= 11 is 0. The van der Waals surface area contributed by atoms with Gasteiger partial charge in [-0.05, 0) is 94.0 Å². The molecule has 2 atom stereocenters. The van der Waals surface area contributed by atoms with Crippen molar-refractivity contribution in [2.75, 3.05) is 9.80 Å². The molecule has 300 valence electrons. The van der Waals surface area contributed by atoms with Crippen molar-refractivity contribution in [3.8, 4) is 0 Å². The fraction of sp³-hybridized carbons (Fsp3) is 0.0690. The number of hydrogen-bond acceptors (Lipinski definition) is 4. The minimum Gasteiger partial charge on any atom is -0.456 e. The summed E-state index contributed by atoms with van der Waals surface area (Å²) in [6.45, 7) is 4.66. The van der Waals surface area contributed by atoms with E-state index in [9.17, 15) is 0 Å². The van der Waals surface area contributed by atoms with Crippen LogP contribution in [0.5, 0.6) is 0 Å². The lowest BCUT2D eigenvalue weighted by molar-refractivity contribution is 0.590. The molecule has 0 bridgehead atoms. The Balaban J connectivity index is 1.19. The second-order valence-corrected chi connectivity index (χ2v) is 20.3. The first kappa shape index (κ1) is 36.3. The first-order valence-electron chi connectivity index (χ1n) is 21.7. The number of furan rings is 1. The maximum atomic E-state index is 16.8. The highest BCUT2D eigenvalue weighted by Gasteiger charge is 2.55. The molecule has 3 aliphatic rings. The molecule has 0 amide bonds. The zero-order chi connectivity index (χ0) is 42.1. The van der Waals surface area contributed by atoms with Crippen LogP contribution in [0.1, 0.15) is 47.2 Å². The maximum Gasteiger partial charge on any atom is 0.171 e. The summed E-state index contributed by atoms with van der Waals surface area (Å²) < 4.78 is 23.4. The van der Waals surface area contributed by atoms with E-state index in [4.69, 9.17) is 4.42 Å². The van der Waals surface area contributed by atoms with Crippen molar-refractivity contribution in [1.29, 1.82) is 0 Å². The molecule has 3 aliphatic heterocycles. The zero-order valence-corrected chi connectivity index (χ0v) is 35.8. The number of rotatable bonds is 3. The van der Waals surface area contributed by atoms with E-state index in [2.05, 4.69) is 194 Å². The molecule has 0 fully saturated rings. The van der Waals surface area contributed by atoms with E-state index in [0.717, 1.165) is 82.9 Å². The summed E-state index contributed by atoms with van der Waals surface area (Å²) in [5.74, 6) is 0. The molecular weight excluding hydrogens is 788 g/mol. The quantitative estimate of drug-likeness (QED) is 0.166. The summed E-state index contributed by atoms with van der Waals surface area (Å²) in [4.78, 5) is 4.88. The second-order valence-electron chi connectivity index (χ2n) is 17.6. The molecule has 0 saturated heterocycles. The summed E-state index contributed by atoms with van der Waals surface area (Å²) in [7, 11) is -3.48. The average molecular weight is 829 g/mol. The second kappa shape index (κ2) is 13.1. The van der Waals surface area contributed by atoms with Gasteiger partial charge in [-0.3, -0.25) is 0 Å². The minimum absolute atomic E-state index is 0.193. The summed E-state index contributed by atoms with van der Waals surface area (Å²) in [6.07, 6.45) is 0. The molecule has 1 aromatic heterocycles. The van der Waals surface area contributed by atoms with Crippen LogP contribution in [-0.4, -0.2) is 0 Å². The van der Waals surface area contributed by atoms with Crippen molar-refractivity contribution in [1.82, 2.24) is 0 Å². The van der Waals surface area contributed by atoms with Crippen LogP contribution in [-0.2, 0) is 15.4 Å². The Hall–Kier alpha value is -7.39. The van der Waals surface area contributed by atoms with Crippen molar-refractivity contribution in [3.63, 3.8) is 0 Å². The van der Waals surface area contributed by atoms with Crippen LogP contribution in [0.3, 0.4) is 0 Å². The minimum atomic E-state index is -3.48. The van der Waals surface area contributed by atoms with Crippen LogP contribution >= 0.6 is 7.14 Å². The predicted octanol–water partition coefficient (Wildman–Crippen LogP) is 13.8. The Morgan fingerprint density at radius 1 is 0.397 bits per heavy atom. The first-order valence-corrected chi connectivity index (χ1v) is 23.4. The van der Waals surface area contributed by atoms with Gasteiger partial charge in [-0.25, -0.2) is 0 Å². The van der Waals surface area contributed by atoms with Crippen molar-refractivity contribution < 1.29 is 8.98 Å². The fourth-order valence-electron chi connectivity index (χ4n) is 11.4. The van der Waals surface area contributed by atoms with Crippen molar-refractivity contribution in [2.24, 2.45) is 0 Å². The number of benzene rings is 9.